The summed E-state index contributed by atoms with van der Waals surface area (Å²) in [6.45, 7) is 1.75. The van der Waals surface area contributed by atoms with E-state index in [1.807, 2.05) is 14.1 Å². The van der Waals surface area contributed by atoms with E-state index in [9.17, 15) is 13.6 Å². The third-order valence-electron chi connectivity index (χ3n) is 4.13. The second-order valence-electron chi connectivity index (χ2n) is 5.54. The Bertz CT molecular complexity index is 514. The number of halogens is 2. The van der Waals surface area contributed by atoms with Gasteiger partial charge >= 0.3 is 0 Å². The molecule has 0 atom stereocenters. The van der Waals surface area contributed by atoms with Crippen molar-refractivity contribution in [3.8, 4) is 0 Å². The van der Waals surface area contributed by atoms with Crippen molar-refractivity contribution in [3.63, 3.8) is 0 Å². The third kappa shape index (κ3) is 3.57. The Hall–Kier alpha value is -1.53. The van der Waals surface area contributed by atoms with E-state index in [0.717, 1.165) is 25.0 Å². The van der Waals surface area contributed by atoms with Crippen LogP contribution in [-0.2, 0) is 4.74 Å². The molecule has 0 spiro atoms. The molecular weight excluding hydrogens is 278 g/mol. The van der Waals surface area contributed by atoms with Gasteiger partial charge in [-0.2, -0.15) is 0 Å². The van der Waals surface area contributed by atoms with Crippen LogP contribution in [0.5, 0.6) is 0 Å². The lowest BCUT2D eigenvalue weighted by Crippen LogP contribution is -2.55. The summed E-state index contributed by atoms with van der Waals surface area (Å²) in [7, 11) is 3.93. The summed E-state index contributed by atoms with van der Waals surface area (Å²) in [5, 5.41) is 2.81. The van der Waals surface area contributed by atoms with Gasteiger partial charge in [0, 0.05) is 30.9 Å². The van der Waals surface area contributed by atoms with Crippen molar-refractivity contribution in [1.29, 1.82) is 0 Å². The van der Waals surface area contributed by atoms with Crippen LogP contribution in [0.2, 0.25) is 0 Å². The number of nitrogens with one attached hydrogen (secondary N) is 1. The first-order chi connectivity index (χ1) is 9.94. The first-order valence-corrected chi connectivity index (χ1v) is 6.93. The third-order valence-corrected chi connectivity index (χ3v) is 4.13. The van der Waals surface area contributed by atoms with E-state index in [1.165, 1.54) is 6.07 Å². The van der Waals surface area contributed by atoms with Crippen LogP contribution in [0, 0.1) is 11.6 Å². The fourth-order valence-corrected chi connectivity index (χ4v) is 2.52. The molecule has 1 aliphatic heterocycles. The lowest BCUT2D eigenvalue weighted by atomic mass is 9.88. The van der Waals surface area contributed by atoms with E-state index < -0.39 is 17.5 Å². The minimum absolute atomic E-state index is 0.120. The quantitative estimate of drug-likeness (QED) is 0.921. The van der Waals surface area contributed by atoms with Gasteiger partial charge in [0.25, 0.3) is 5.91 Å². The average Bonchev–Trinajstić information content (AvgIpc) is 2.48. The van der Waals surface area contributed by atoms with E-state index in [0.29, 0.717) is 19.8 Å². The number of hydrogen-bond acceptors (Lipinski definition) is 3. The maximum absolute atomic E-state index is 13.2. The second kappa shape index (κ2) is 6.49. The zero-order chi connectivity index (χ0) is 15.5. The average molecular weight is 298 g/mol. The highest BCUT2D eigenvalue weighted by atomic mass is 19.2. The summed E-state index contributed by atoms with van der Waals surface area (Å²) >= 11 is 0. The molecule has 1 aliphatic rings. The highest BCUT2D eigenvalue weighted by Gasteiger charge is 2.35. The van der Waals surface area contributed by atoms with Gasteiger partial charge in [0.05, 0.1) is 0 Å². The number of nitrogens with zero attached hydrogens (tertiary/aromatic N) is 1. The lowest BCUT2D eigenvalue weighted by Gasteiger charge is -2.42. The van der Waals surface area contributed by atoms with E-state index >= 15 is 0 Å². The lowest BCUT2D eigenvalue weighted by molar-refractivity contribution is -0.00658. The van der Waals surface area contributed by atoms with Crippen LogP contribution in [0.25, 0.3) is 0 Å². The topological polar surface area (TPSA) is 41.6 Å². The molecular formula is C15H20F2N2O2. The molecule has 116 valence electrons. The van der Waals surface area contributed by atoms with Gasteiger partial charge < -0.3 is 15.0 Å². The van der Waals surface area contributed by atoms with E-state index in [2.05, 4.69) is 10.2 Å². The SMILES string of the molecule is CN(C)C1(CNC(=O)c2ccc(F)c(F)c2)CCOCC1. The minimum atomic E-state index is -1.02. The summed E-state index contributed by atoms with van der Waals surface area (Å²) in [5.74, 6) is -2.38. The normalized spacial score (nSPS) is 17.8. The maximum atomic E-state index is 13.2. The van der Waals surface area contributed by atoms with Gasteiger partial charge in [0.15, 0.2) is 11.6 Å². The smallest absolute Gasteiger partial charge is 0.251 e. The van der Waals surface area contributed by atoms with Crippen molar-refractivity contribution in [2.75, 3.05) is 33.9 Å². The Kier molecular flexibility index (Phi) is 4.90. The highest BCUT2D eigenvalue weighted by molar-refractivity contribution is 5.94. The molecule has 1 N–H and O–H groups in total. The number of benzene rings is 1. The number of amides is 1. The fourth-order valence-electron chi connectivity index (χ4n) is 2.52. The molecule has 0 aromatic heterocycles. The molecule has 0 aliphatic carbocycles. The van der Waals surface area contributed by atoms with Crippen LogP contribution in [0.3, 0.4) is 0 Å². The number of likely N-dealkylation sites (N-methyl/N-ethyl adjacent to an activating group) is 1. The molecule has 0 bridgehead atoms. The Morgan fingerprint density at radius 1 is 1.29 bits per heavy atom. The van der Waals surface area contributed by atoms with Gasteiger partial charge in [-0.3, -0.25) is 4.79 Å². The maximum Gasteiger partial charge on any atom is 0.251 e. The summed E-state index contributed by atoms with van der Waals surface area (Å²) in [4.78, 5) is 14.2. The van der Waals surface area contributed by atoms with Crippen molar-refractivity contribution in [3.05, 3.63) is 35.4 Å². The van der Waals surface area contributed by atoms with Crippen molar-refractivity contribution in [1.82, 2.24) is 10.2 Å². The molecule has 1 aromatic carbocycles. The molecule has 1 saturated heterocycles. The number of carbonyl (C=O) groups is 1. The zero-order valence-electron chi connectivity index (χ0n) is 12.3. The highest BCUT2D eigenvalue weighted by Crippen LogP contribution is 2.25. The van der Waals surface area contributed by atoms with Crippen LogP contribution in [0.15, 0.2) is 18.2 Å². The van der Waals surface area contributed by atoms with E-state index in [1.54, 1.807) is 0 Å². The first kappa shape index (κ1) is 15.9. The zero-order valence-corrected chi connectivity index (χ0v) is 12.3. The standard InChI is InChI=1S/C15H20F2N2O2/c1-19(2)15(5-7-21-8-6-15)10-18-14(20)11-3-4-12(16)13(17)9-11/h3-4,9H,5-8,10H2,1-2H3,(H,18,20). The number of carbonyl (C=O) groups excluding carboxylic acids is 1. The van der Waals surface area contributed by atoms with Crippen LogP contribution in [0.1, 0.15) is 23.2 Å². The number of rotatable bonds is 4. The predicted molar refractivity (Wildman–Crippen MR) is 75.2 cm³/mol. The van der Waals surface area contributed by atoms with Gasteiger partial charge in [-0.05, 0) is 45.1 Å². The van der Waals surface area contributed by atoms with E-state index in [4.69, 9.17) is 4.74 Å². The van der Waals surface area contributed by atoms with Crippen LogP contribution < -0.4 is 5.32 Å². The van der Waals surface area contributed by atoms with Gasteiger partial charge in [0.1, 0.15) is 0 Å². The summed E-state index contributed by atoms with van der Waals surface area (Å²) in [6, 6.07) is 3.15. The molecule has 1 amide bonds. The molecule has 6 heteroatoms. The molecule has 21 heavy (non-hydrogen) atoms. The van der Waals surface area contributed by atoms with Crippen LogP contribution >= 0.6 is 0 Å². The van der Waals surface area contributed by atoms with Crippen molar-refractivity contribution >= 4 is 5.91 Å². The first-order valence-electron chi connectivity index (χ1n) is 6.93. The molecule has 4 nitrogen and oxygen atoms in total. The Labute approximate surface area is 123 Å². The van der Waals surface area contributed by atoms with Crippen LogP contribution in [0.4, 0.5) is 8.78 Å². The van der Waals surface area contributed by atoms with Crippen molar-refractivity contribution in [2.24, 2.45) is 0 Å². The number of hydrogen-bond donors (Lipinski definition) is 1. The van der Waals surface area contributed by atoms with Gasteiger partial charge in [-0.25, -0.2) is 8.78 Å². The minimum Gasteiger partial charge on any atom is -0.381 e. The molecule has 0 radical (unpaired) electrons. The van der Waals surface area contributed by atoms with Gasteiger partial charge in [0.2, 0.25) is 0 Å². The molecule has 1 heterocycles. The predicted octanol–water partition coefficient (Wildman–Crippen LogP) is 1.81. The van der Waals surface area contributed by atoms with Gasteiger partial charge in [-0.1, -0.05) is 0 Å². The number of ether oxygens (including phenoxy) is 1. The molecule has 0 unspecified atom stereocenters. The molecule has 1 fully saturated rings. The second-order valence-corrected chi connectivity index (χ2v) is 5.54. The Morgan fingerprint density at radius 3 is 2.52 bits per heavy atom. The summed E-state index contributed by atoms with van der Waals surface area (Å²) in [6.07, 6.45) is 1.64. The Morgan fingerprint density at radius 2 is 1.95 bits per heavy atom. The Balaban J connectivity index is 2.03. The molecule has 2 rings (SSSR count). The van der Waals surface area contributed by atoms with Crippen LogP contribution in [-0.4, -0.2) is 50.2 Å². The molecule has 0 saturated carbocycles. The monoisotopic (exact) mass is 298 g/mol. The van der Waals surface area contributed by atoms with Crippen molar-refractivity contribution in [2.45, 2.75) is 18.4 Å². The fraction of sp³-hybridized carbons (Fsp3) is 0.533. The summed E-state index contributed by atoms with van der Waals surface area (Å²) < 4.78 is 31.4. The van der Waals surface area contributed by atoms with Gasteiger partial charge in [-0.15, -0.1) is 0 Å². The van der Waals surface area contributed by atoms with E-state index in [-0.39, 0.29) is 11.1 Å². The van der Waals surface area contributed by atoms with Crippen molar-refractivity contribution < 1.29 is 18.3 Å². The summed E-state index contributed by atoms with van der Waals surface area (Å²) in [5.41, 5.74) is -0.0400. The molecule has 1 aromatic rings. The largest absolute Gasteiger partial charge is 0.381 e.